The van der Waals surface area contributed by atoms with Crippen LogP contribution in [0.1, 0.15) is 64.0 Å². The average molecular weight is 556 g/mol. The lowest BCUT2D eigenvalue weighted by molar-refractivity contribution is -0.127. The van der Waals surface area contributed by atoms with Crippen LogP contribution >= 0.6 is 24.0 Å². The number of likely N-dealkylation sites (N-methyl/N-ethyl adjacent to an activating group) is 1. The molecular formula is C25H42IN5O. The maximum Gasteiger partial charge on any atom is 0.243 e. The second-order valence-corrected chi connectivity index (χ2v) is 9.51. The van der Waals surface area contributed by atoms with Crippen LogP contribution in [0, 0.1) is 5.92 Å². The summed E-state index contributed by atoms with van der Waals surface area (Å²) in [6.45, 7) is 6.94. The minimum Gasteiger partial charge on any atom is -0.354 e. The van der Waals surface area contributed by atoms with Crippen LogP contribution in [0.2, 0.25) is 0 Å². The molecule has 1 amide bonds. The zero-order valence-corrected chi connectivity index (χ0v) is 22.5. The van der Waals surface area contributed by atoms with Gasteiger partial charge in [0.05, 0.1) is 0 Å². The van der Waals surface area contributed by atoms with Crippen molar-refractivity contribution in [1.29, 1.82) is 0 Å². The van der Waals surface area contributed by atoms with Crippen LogP contribution in [-0.2, 0) is 4.79 Å². The predicted octanol–water partition coefficient (Wildman–Crippen LogP) is 4.03. The molecule has 1 saturated heterocycles. The number of hydrogen-bond acceptors (Lipinski definition) is 3. The number of amides is 1. The van der Waals surface area contributed by atoms with Crippen molar-refractivity contribution in [3.63, 3.8) is 0 Å². The summed E-state index contributed by atoms with van der Waals surface area (Å²) in [4.78, 5) is 20.9. The third kappa shape index (κ3) is 7.90. The molecule has 32 heavy (non-hydrogen) atoms. The molecule has 1 heterocycles. The Balaban J connectivity index is 0.00000363. The molecule has 0 radical (unpaired) electrons. The fraction of sp³-hybridized carbons (Fsp3) is 0.680. The Kier molecular flexibility index (Phi) is 11.2. The topological polar surface area (TPSA) is 60.0 Å². The molecule has 7 heteroatoms. The number of likely N-dealkylation sites (tertiary alicyclic amines) is 1. The monoisotopic (exact) mass is 555 g/mol. The molecule has 180 valence electrons. The van der Waals surface area contributed by atoms with Crippen molar-refractivity contribution >= 4 is 35.8 Å². The Bertz CT molecular complexity index is 718. The lowest BCUT2D eigenvalue weighted by atomic mass is 9.86. The minimum atomic E-state index is 0. The number of nitrogens with one attached hydrogen (secondary N) is 2. The molecule has 0 spiro atoms. The van der Waals surface area contributed by atoms with Crippen LogP contribution in [0.5, 0.6) is 0 Å². The van der Waals surface area contributed by atoms with Crippen molar-refractivity contribution in [3.8, 4) is 0 Å². The number of benzene rings is 1. The van der Waals surface area contributed by atoms with Crippen LogP contribution in [0.15, 0.2) is 35.3 Å². The minimum absolute atomic E-state index is 0. The Labute approximate surface area is 211 Å². The lowest BCUT2D eigenvalue weighted by Crippen LogP contribution is -2.53. The Morgan fingerprint density at radius 1 is 1.09 bits per heavy atom. The highest BCUT2D eigenvalue weighted by Crippen LogP contribution is 2.25. The normalized spacial score (nSPS) is 23.7. The Morgan fingerprint density at radius 2 is 1.75 bits per heavy atom. The van der Waals surface area contributed by atoms with Crippen molar-refractivity contribution in [2.45, 2.75) is 70.5 Å². The summed E-state index contributed by atoms with van der Waals surface area (Å²) in [6.07, 6.45) is 7.19. The van der Waals surface area contributed by atoms with Crippen LogP contribution in [0.3, 0.4) is 0 Å². The van der Waals surface area contributed by atoms with Gasteiger partial charge in [0.25, 0.3) is 0 Å². The van der Waals surface area contributed by atoms with Gasteiger partial charge in [-0.15, -0.1) is 24.0 Å². The zero-order valence-electron chi connectivity index (χ0n) is 20.2. The van der Waals surface area contributed by atoms with Gasteiger partial charge in [0.15, 0.2) is 5.96 Å². The van der Waals surface area contributed by atoms with Crippen molar-refractivity contribution < 1.29 is 4.79 Å². The summed E-state index contributed by atoms with van der Waals surface area (Å²) in [7, 11) is 3.57. The summed E-state index contributed by atoms with van der Waals surface area (Å²) >= 11 is 0. The molecule has 1 saturated carbocycles. The van der Waals surface area contributed by atoms with Gasteiger partial charge in [-0.05, 0) is 44.1 Å². The van der Waals surface area contributed by atoms with E-state index < -0.39 is 0 Å². The fourth-order valence-corrected chi connectivity index (χ4v) is 4.69. The smallest absolute Gasteiger partial charge is 0.243 e. The number of carbonyl (C=O) groups excluding carboxylic acids is 1. The fourth-order valence-electron chi connectivity index (χ4n) is 4.69. The van der Waals surface area contributed by atoms with Crippen LogP contribution in [0.4, 0.5) is 0 Å². The van der Waals surface area contributed by atoms with Gasteiger partial charge in [-0.2, -0.15) is 0 Å². The highest BCUT2D eigenvalue weighted by atomic mass is 127. The summed E-state index contributed by atoms with van der Waals surface area (Å²) < 4.78 is 0. The number of halogens is 1. The predicted molar refractivity (Wildman–Crippen MR) is 144 cm³/mol. The van der Waals surface area contributed by atoms with E-state index in [1.165, 1.54) is 31.2 Å². The summed E-state index contributed by atoms with van der Waals surface area (Å²) in [6, 6.07) is 12.0. The molecule has 2 fully saturated rings. The lowest BCUT2D eigenvalue weighted by Gasteiger charge is -2.38. The molecule has 0 bridgehead atoms. The van der Waals surface area contributed by atoms with E-state index in [0.717, 1.165) is 31.9 Å². The van der Waals surface area contributed by atoms with E-state index in [9.17, 15) is 4.79 Å². The number of piperidine rings is 1. The molecule has 2 N–H and O–H groups in total. The number of guanidine groups is 1. The quantitative estimate of drug-likeness (QED) is 0.316. The molecule has 0 aromatic heterocycles. The van der Waals surface area contributed by atoms with Gasteiger partial charge in [0.2, 0.25) is 5.91 Å². The van der Waals surface area contributed by atoms with E-state index in [1.54, 1.807) is 19.0 Å². The number of nitrogens with zero attached hydrogens (tertiary/aromatic N) is 3. The molecule has 3 rings (SSSR count). The summed E-state index contributed by atoms with van der Waals surface area (Å²) in [5, 5.41) is 7.32. The van der Waals surface area contributed by atoms with Gasteiger partial charge >= 0.3 is 0 Å². The number of aliphatic imine (C=N–C) groups is 1. The molecule has 1 aliphatic carbocycles. The van der Waals surface area contributed by atoms with Gasteiger partial charge in [0.1, 0.15) is 6.54 Å². The first kappa shape index (κ1) is 26.9. The third-order valence-corrected chi connectivity index (χ3v) is 7.00. The molecule has 2 aliphatic rings. The SMILES string of the molecule is CC1CCCCC1NC(=NCC(=O)N(C)C)NC1CCN(C(C)c2ccccc2)CC1.I. The summed E-state index contributed by atoms with van der Waals surface area (Å²) in [5.41, 5.74) is 1.38. The first-order valence-corrected chi connectivity index (χ1v) is 12.0. The molecule has 1 aliphatic heterocycles. The largest absolute Gasteiger partial charge is 0.354 e. The Morgan fingerprint density at radius 3 is 2.38 bits per heavy atom. The van der Waals surface area contributed by atoms with Gasteiger partial charge in [-0.25, -0.2) is 4.99 Å². The van der Waals surface area contributed by atoms with Crippen LogP contribution in [0.25, 0.3) is 0 Å². The van der Waals surface area contributed by atoms with E-state index in [4.69, 9.17) is 0 Å². The second-order valence-electron chi connectivity index (χ2n) is 9.51. The molecule has 3 atom stereocenters. The van der Waals surface area contributed by atoms with Crippen LogP contribution < -0.4 is 10.6 Å². The molecule has 3 unspecified atom stereocenters. The Hall–Kier alpha value is -1.35. The van der Waals surface area contributed by atoms with Crippen LogP contribution in [-0.4, -0.2) is 67.5 Å². The van der Waals surface area contributed by atoms with E-state index in [1.807, 2.05) is 0 Å². The van der Waals surface area contributed by atoms with Crippen molar-refractivity contribution in [3.05, 3.63) is 35.9 Å². The molecule has 6 nitrogen and oxygen atoms in total. The van der Waals surface area contributed by atoms with Crippen molar-refractivity contribution in [2.75, 3.05) is 33.7 Å². The molecule has 1 aromatic rings. The maximum absolute atomic E-state index is 12.1. The molecular weight excluding hydrogens is 513 g/mol. The standard InChI is InChI=1S/C25H41N5O.HI/c1-19-10-8-9-13-23(19)28-25(26-18-24(31)29(3)4)27-22-14-16-30(17-15-22)20(2)21-11-6-5-7-12-21;/h5-7,11-12,19-20,22-23H,8-10,13-18H2,1-4H3,(H2,26,27,28);1H. The van der Waals surface area contributed by atoms with E-state index in [-0.39, 0.29) is 36.4 Å². The zero-order chi connectivity index (χ0) is 22.2. The maximum atomic E-state index is 12.1. The van der Waals surface area contributed by atoms with Gasteiger partial charge < -0.3 is 15.5 Å². The van der Waals surface area contributed by atoms with Gasteiger partial charge in [-0.1, -0.05) is 50.1 Å². The highest BCUT2D eigenvalue weighted by molar-refractivity contribution is 14.0. The second kappa shape index (κ2) is 13.4. The van der Waals surface area contributed by atoms with Gasteiger partial charge in [-0.3, -0.25) is 9.69 Å². The first-order valence-electron chi connectivity index (χ1n) is 12.0. The molecule has 1 aromatic carbocycles. The number of rotatable bonds is 6. The number of hydrogen-bond donors (Lipinski definition) is 2. The van der Waals surface area contributed by atoms with E-state index >= 15 is 0 Å². The van der Waals surface area contributed by atoms with E-state index in [2.05, 4.69) is 64.7 Å². The van der Waals surface area contributed by atoms with E-state index in [0.29, 0.717) is 24.0 Å². The first-order chi connectivity index (χ1) is 14.9. The summed E-state index contributed by atoms with van der Waals surface area (Å²) in [5.74, 6) is 1.48. The van der Waals surface area contributed by atoms with Gasteiger partial charge in [0, 0.05) is 45.3 Å². The van der Waals surface area contributed by atoms with Crippen molar-refractivity contribution in [2.24, 2.45) is 10.9 Å². The average Bonchev–Trinajstić information content (AvgIpc) is 2.79. The highest BCUT2D eigenvalue weighted by Gasteiger charge is 2.26. The third-order valence-electron chi connectivity index (χ3n) is 7.00. The number of carbonyl (C=O) groups is 1. The van der Waals surface area contributed by atoms with Crippen molar-refractivity contribution in [1.82, 2.24) is 20.4 Å².